The summed E-state index contributed by atoms with van der Waals surface area (Å²) < 4.78 is 0. The van der Waals surface area contributed by atoms with Crippen molar-refractivity contribution in [3.8, 4) is 0 Å². The lowest BCUT2D eigenvalue weighted by molar-refractivity contribution is -0.117. The normalized spacial score (nSPS) is 10.5. The first kappa shape index (κ1) is 9.45. The van der Waals surface area contributed by atoms with Gasteiger partial charge >= 0.3 is 0 Å². The third-order valence-corrected chi connectivity index (χ3v) is 1.56. The predicted octanol–water partition coefficient (Wildman–Crippen LogP) is 1.28. The van der Waals surface area contributed by atoms with Crippen molar-refractivity contribution in [2.24, 2.45) is 5.73 Å². The number of carbonyl (C=O) groups is 1. The van der Waals surface area contributed by atoms with E-state index >= 15 is 0 Å². The fraction of sp³-hybridized carbons (Fsp3) is 0.200. The number of aromatic nitrogens is 1. The van der Waals surface area contributed by atoms with Gasteiger partial charge in [0.1, 0.15) is 0 Å². The second-order valence-electron chi connectivity index (χ2n) is 2.81. The van der Waals surface area contributed by atoms with Crippen molar-refractivity contribution < 1.29 is 4.79 Å². The van der Waals surface area contributed by atoms with Crippen LogP contribution in [0, 0.1) is 6.92 Å². The summed E-state index contributed by atoms with van der Waals surface area (Å²) >= 11 is 0. The Bertz CT molecular complexity index is 314. The molecule has 13 heavy (non-hydrogen) atoms. The van der Waals surface area contributed by atoms with Crippen molar-refractivity contribution in [3.63, 3.8) is 0 Å². The molecule has 0 spiro atoms. The smallest absolute Gasteiger partial charge is 0.221 e. The molecule has 0 saturated heterocycles. The molecule has 3 heteroatoms. The minimum atomic E-state index is -0.323. The Morgan fingerprint density at radius 1 is 1.62 bits per heavy atom. The van der Waals surface area contributed by atoms with Gasteiger partial charge in [-0.1, -0.05) is 18.2 Å². The molecule has 1 aromatic rings. The minimum absolute atomic E-state index is 0.272. The number of nitrogens with zero attached hydrogens (tertiary/aromatic N) is 1. The van der Waals surface area contributed by atoms with Gasteiger partial charge in [-0.25, -0.2) is 0 Å². The molecule has 0 aromatic carbocycles. The van der Waals surface area contributed by atoms with Gasteiger partial charge in [-0.3, -0.25) is 9.78 Å². The summed E-state index contributed by atoms with van der Waals surface area (Å²) in [5.41, 5.74) is 6.93. The lowest BCUT2D eigenvalue weighted by atomic mass is 10.2. The molecule has 0 atom stereocenters. The predicted molar refractivity (Wildman–Crippen MR) is 51.8 cm³/mol. The summed E-state index contributed by atoms with van der Waals surface area (Å²) in [6.07, 6.45) is 5.59. The van der Waals surface area contributed by atoms with Gasteiger partial charge in [0.2, 0.25) is 5.91 Å². The van der Waals surface area contributed by atoms with Crippen LogP contribution in [0.25, 0.3) is 6.08 Å². The average Bonchev–Trinajstić information content (AvgIpc) is 2.08. The number of rotatable bonds is 3. The van der Waals surface area contributed by atoms with Gasteiger partial charge < -0.3 is 5.73 Å². The zero-order chi connectivity index (χ0) is 9.68. The molecule has 0 aliphatic carbocycles. The van der Waals surface area contributed by atoms with Gasteiger partial charge in [-0.05, 0) is 18.6 Å². The molecule has 3 nitrogen and oxygen atoms in total. The van der Waals surface area contributed by atoms with E-state index in [0.29, 0.717) is 0 Å². The number of nitrogens with two attached hydrogens (primary N) is 1. The molecule has 1 heterocycles. The van der Waals surface area contributed by atoms with Gasteiger partial charge in [0, 0.05) is 18.3 Å². The number of primary amides is 1. The molecule has 2 N–H and O–H groups in total. The molecule has 0 bridgehead atoms. The van der Waals surface area contributed by atoms with Crippen LogP contribution in [0.3, 0.4) is 0 Å². The molecule has 1 rings (SSSR count). The van der Waals surface area contributed by atoms with Crippen LogP contribution in [0.5, 0.6) is 0 Å². The Morgan fingerprint density at radius 2 is 2.38 bits per heavy atom. The van der Waals surface area contributed by atoms with Crippen molar-refractivity contribution in [2.45, 2.75) is 13.3 Å². The second-order valence-corrected chi connectivity index (χ2v) is 2.81. The highest BCUT2D eigenvalue weighted by Gasteiger charge is 1.89. The van der Waals surface area contributed by atoms with Crippen LogP contribution in [0.2, 0.25) is 0 Å². The van der Waals surface area contributed by atoms with Crippen molar-refractivity contribution in [1.82, 2.24) is 4.98 Å². The summed E-state index contributed by atoms with van der Waals surface area (Å²) in [6.45, 7) is 1.93. The lowest BCUT2D eigenvalue weighted by Gasteiger charge is -1.93. The Labute approximate surface area is 77.3 Å². The summed E-state index contributed by atoms with van der Waals surface area (Å²) in [5.74, 6) is -0.323. The summed E-state index contributed by atoms with van der Waals surface area (Å²) in [6, 6.07) is 3.86. The van der Waals surface area contributed by atoms with Crippen LogP contribution in [0.4, 0.5) is 0 Å². The van der Waals surface area contributed by atoms with E-state index in [4.69, 9.17) is 5.73 Å². The molecule has 0 fully saturated rings. The highest BCUT2D eigenvalue weighted by atomic mass is 16.1. The molecule has 0 radical (unpaired) electrons. The van der Waals surface area contributed by atoms with Gasteiger partial charge in [-0.2, -0.15) is 0 Å². The third-order valence-electron chi connectivity index (χ3n) is 1.56. The van der Waals surface area contributed by atoms with Crippen molar-refractivity contribution >= 4 is 12.0 Å². The standard InChI is InChI=1S/C10H12N2O/c1-8-5-6-9(7-12-8)3-2-4-10(11)13/h2-3,5-7H,4H2,1H3,(H2,11,13)/b3-2+. The van der Waals surface area contributed by atoms with Crippen LogP contribution in [0.15, 0.2) is 24.4 Å². The summed E-state index contributed by atoms with van der Waals surface area (Å²) in [7, 11) is 0. The zero-order valence-electron chi connectivity index (χ0n) is 7.53. The maximum absolute atomic E-state index is 10.4. The van der Waals surface area contributed by atoms with Crippen LogP contribution in [-0.4, -0.2) is 10.9 Å². The Hall–Kier alpha value is -1.64. The van der Waals surface area contributed by atoms with Crippen molar-refractivity contribution in [2.75, 3.05) is 0 Å². The van der Waals surface area contributed by atoms with Gasteiger partial charge in [0.15, 0.2) is 0 Å². The first-order valence-corrected chi connectivity index (χ1v) is 4.06. The number of hydrogen-bond donors (Lipinski definition) is 1. The number of amides is 1. The summed E-state index contributed by atoms with van der Waals surface area (Å²) in [4.78, 5) is 14.5. The van der Waals surface area contributed by atoms with Crippen LogP contribution in [-0.2, 0) is 4.79 Å². The quantitative estimate of drug-likeness (QED) is 0.754. The second kappa shape index (κ2) is 4.40. The van der Waals surface area contributed by atoms with E-state index in [0.717, 1.165) is 11.3 Å². The third kappa shape index (κ3) is 3.51. The van der Waals surface area contributed by atoms with Crippen LogP contribution < -0.4 is 5.73 Å². The molecule has 0 aliphatic heterocycles. The van der Waals surface area contributed by atoms with E-state index in [1.54, 1.807) is 12.3 Å². The highest BCUT2D eigenvalue weighted by Crippen LogP contribution is 2.01. The molecule has 68 valence electrons. The SMILES string of the molecule is Cc1ccc(/C=C/CC(N)=O)cn1. The molecule has 0 unspecified atom stereocenters. The van der Waals surface area contributed by atoms with E-state index in [2.05, 4.69) is 4.98 Å². The maximum atomic E-state index is 10.4. The van der Waals surface area contributed by atoms with Gasteiger partial charge in [0.25, 0.3) is 0 Å². The zero-order valence-corrected chi connectivity index (χ0v) is 7.53. The van der Waals surface area contributed by atoms with E-state index < -0.39 is 0 Å². The Morgan fingerprint density at radius 3 is 2.92 bits per heavy atom. The first-order chi connectivity index (χ1) is 6.18. The largest absolute Gasteiger partial charge is 0.369 e. The topological polar surface area (TPSA) is 56.0 Å². The van der Waals surface area contributed by atoms with Gasteiger partial charge in [0.05, 0.1) is 0 Å². The van der Waals surface area contributed by atoms with E-state index in [1.165, 1.54) is 0 Å². The number of carbonyl (C=O) groups excluding carboxylic acids is 1. The number of pyridine rings is 1. The molecule has 0 saturated carbocycles. The number of hydrogen-bond acceptors (Lipinski definition) is 2. The molecular formula is C10H12N2O. The number of aryl methyl sites for hydroxylation is 1. The van der Waals surface area contributed by atoms with Crippen molar-refractivity contribution in [3.05, 3.63) is 35.7 Å². The summed E-state index contributed by atoms with van der Waals surface area (Å²) in [5, 5.41) is 0. The molecule has 0 aliphatic rings. The molecule has 1 aromatic heterocycles. The molecule has 1 amide bonds. The average molecular weight is 176 g/mol. The van der Waals surface area contributed by atoms with Crippen molar-refractivity contribution in [1.29, 1.82) is 0 Å². The monoisotopic (exact) mass is 176 g/mol. The van der Waals surface area contributed by atoms with Crippen LogP contribution in [0.1, 0.15) is 17.7 Å². The minimum Gasteiger partial charge on any atom is -0.369 e. The van der Waals surface area contributed by atoms with E-state index in [1.807, 2.05) is 25.1 Å². The maximum Gasteiger partial charge on any atom is 0.221 e. The van der Waals surface area contributed by atoms with Crippen LogP contribution >= 0.6 is 0 Å². The fourth-order valence-corrected chi connectivity index (χ4v) is 0.889. The highest BCUT2D eigenvalue weighted by molar-refractivity contribution is 5.76. The fourth-order valence-electron chi connectivity index (χ4n) is 0.889. The first-order valence-electron chi connectivity index (χ1n) is 4.06. The Kier molecular flexibility index (Phi) is 3.20. The lowest BCUT2D eigenvalue weighted by Crippen LogP contribution is -2.07. The van der Waals surface area contributed by atoms with Gasteiger partial charge in [-0.15, -0.1) is 0 Å². The van der Waals surface area contributed by atoms with E-state index in [9.17, 15) is 4.79 Å². The molecular weight excluding hydrogens is 164 g/mol. The Balaban J connectivity index is 2.59. The van der Waals surface area contributed by atoms with E-state index in [-0.39, 0.29) is 12.3 Å².